The van der Waals surface area contributed by atoms with Gasteiger partial charge in [0, 0.05) is 16.3 Å². The highest BCUT2D eigenvalue weighted by molar-refractivity contribution is 6.31. The fourth-order valence-electron chi connectivity index (χ4n) is 2.01. The highest BCUT2D eigenvalue weighted by Crippen LogP contribution is 2.25. The maximum absolute atomic E-state index is 13.4. The Morgan fingerprint density at radius 2 is 2.00 bits per heavy atom. The third-order valence-electron chi connectivity index (χ3n) is 3.07. The van der Waals surface area contributed by atoms with Gasteiger partial charge in [0.05, 0.1) is 6.54 Å². The monoisotopic (exact) mass is 303 g/mol. The van der Waals surface area contributed by atoms with Crippen molar-refractivity contribution in [2.24, 2.45) is 0 Å². The van der Waals surface area contributed by atoms with Crippen LogP contribution in [0.15, 0.2) is 42.5 Å². The second-order valence-electron chi connectivity index (χ2n) is 4.48. The molecule has 0 saturated heterocycles. The normalized spacial score (nSPS) is 10.8. The molecule has 0 radical (unpaired) electrons. The molecule has 3 rings (SSSR count). The van der Waals surface area contributed by atoms with Crippen LogP contribution in [-0.4, -0.2) is 20.2 Å². The molecule has 3 aromatic rings. The SMILES string of the molecule is Nc1ccc(F)cc1-c1nnnn1Cc1ccccc1Cl. The van der Waals surface area contributed by atoms with Gasteiger partial charge in [0.15, 0.2) is 5.82 Å². The maximum atomic E-state index is 13.4. The molecule has 7 heteroatoms. The Hall–Kier alpha value is -2.47. The highest BCUT2D eigenvalue weighted by atomic mass is 35.5. The van der Waals surface area contributed by atoms with E-state index >= 15 is 0 Å². The first-order valence-corrected chi connectivity index (χ1v) is 6.58. The molecule has 106 valence electrons. The van der Waals surface area contributed by atoms with Crippen molar-refractivity contribution < 1.29 is 4.39 Å². The topological polar surface area (TPSA) is 69.6 Å². The molecular formula is C14H11ClFN5. The molecule has 0 atom stereocenters. The predicted molar refractivity (Wildman–Crippen MR) is 78.2 cm³/mol. The molecule has 2 N–H and O–H groups in total. The molecule has 0 amide bonds. The lowest BCUT2D eigenvalue weighted by Gasteiger charge is -2.08. The van der Waals surface area contributed by atoms with Gasteiger partial charge in [0.25, 0.3) is 0 Å². The highest BCUT2D eigenvalue weighted by Gasteiger charge is 2.14. The summed E-state index contributed by atoms with van der Waals surface area (Å²) in [6.07, 6.45) is 0. The molecule has 0 bridgehead atoms. The number of nitrogen functional groups attached to an aromatic ring is 1. The number of hydrogen-bond donors (Lipinski definition) is 1. The van der Waals surface area contributed by atoms with E-state index in [1.807, 2.05) is 18.2 Å². The molecule has 5 nitrogen and oxygen atoms in total. The third kappa shape index (κ3) is 2.71. The Balaban J connectivity index is 2.02. The van der Waals surface area contributed by atoms with Crippen LogP contribution in [0, 0.1) is 5.82 Å². The molecule has 1 aromatic heterocycles. The Labute approximate surface area is 125 Å². The number of tetrazole rings is 1. The fraction of sp³-hybridized carbons (Fsp3) is 0.0714. The molecule has 0 aliphatic rings. The maximum Gasteiger partial charge on any atom is 0.184 e. The Kier molecular flexibility index (Phi) is 3.53. The van der Waals surface area contributed by atoms with Crippen molar-refractivity contribution in [2.45, 2.75) is 6.54 Å². The molecule has 0 aliphatic carbocycles. The van der Waals surface area contributed by atoms with Crippen LogP contribution in [0.25, 0.3) is 11.4 Å². The van der Waals surface area contributed by atoms with E-state index in [0.717, 1.165) is 5.56 Å². The molecular weight excluding hydrogens is 293 g/mol. The quantitative estimate of drug-likeness (QED) is 0.755. The van der Waals surface area contributed by atoms with Gasteiger partial charge in [-0.2, -0.15) is 0 Å². The molecule has 0 unspecified atom stereocenters. The summed E-state index contributed by atoms with van der Waals surface area (Å²) < 4.78 is 14.9. The van der Waals surface area contributed by atoms with Crippen molar-refractivity contribution in [1.29, 1.82) is 0 Å². The first-order chi connectivity index (χ1) is 10.1. The zero-order valence-corrected chi connectivity index (χ0v) is 11.6. The van der Waals surface area contributed by atoms with E-state index in [0.29, 0.717) is 28.6 Å². The summed E-state index contributed by atoms with van der Waals surface area (Å²) in [5.74, 6) is -0.00147. The van der Waals surface area contributed by atoms with Gasteiger partial charge in [0.2, 0.25) is 0 Å². The van der Waals surface area contributed by atoms with E-state index < -0.39 is 5.82 Å². The van der Waals surface area contributed by atoms with Gasteiger partial charge in [-0.3, -0.25) is 0 Å². The smallest absolute Gasteiger partial charge is 0.184 e. The number of nitrogens with two attached hydrogens (primary N) is 1. The average Bonchev–Trinajstić information content (AvgIpc) is 2.92. The number of anilines is 1. The lowest BCUT2D eigenvalue weighted by molar-refractivity contribution is 0.627. The van der Waals surface area contributed by atoms with Gasteiger partial charge in [-0.15, -0.1) is 5.10 Å². The molecule has 0 fully saturated rings. The molecule has 1 heterocycles. The minimum absolute atomic E-state index is 0.373. The van der Waals surface area contributed by atoms with E-state index in [-0.39, 0.29) is 0 Å². The Morgan fingerprint density at radius 3 is 2.81 bits per heavy atom. The van der Waals surface area contributed by atoms with Gasteiger partial charge < -0.3 is 5.73 Å². The van der Waals surface area contributed by atoms with E-state index in [4.69, 9.17) is 17.3 Å². The van der Waals surface area contributed by atoms with Crippen LogP contribution in [0.4, 0.5) is 10.1 Å². The summed E-state index contributed by atoms with van der Waals surface area (Å²) in [7, 11) is 0. The van der Waals surface area contributed by atoms with Crippen LogP contribution in [-0.2, 0) is 6.54 Å². The molecule has 0 spiro atoms. The summed E-state index contributed by atoms with van der Waals surface area (Å²) in [4.78, 5) is 0. The van der Waals surface area contributed by atoms with Crippen molar-refractivity contribution in [3.8, 4) is 11.4 Å². The summed E-state index contributed by atoms with van der Waals surface area (Å²) in [6.45, 7) is 0.373. The van der Waals surface area contributed by atoms with E-state index in [9.17, 15) is 4.39 Å². The fourth-order valence-corrected chi connectivity index (χ4v) is 2.21. The second kappa shape index (κ2) is 5.49. The third-order valence-corrected chi connectivity index (χ3v) is 3.43. The van der Waals surface area contributed by atoms with Crippen molar-refractivity contribution in [1.82, 2.24) is 20.2 Å². The molecule has 0 aliphatic heterocycles. The van der Waals surface area contributed by atoms with Gasteiger partial charge in [-0.1, -0.05) is 29.8 Å². The second-order valence-corrected chi connectivity index (χ2v) is 4.89. The van der Waals surface area contributed by atoms with Gasteiger partial charge in [0.1, 0.15) is 5.82 Å². The Morgan fingerprint density at radius 1 is 1.19 bits per heavy atom. The minimum atomic E-state index is -0.397. The number of nitrogens with zero attached hydrogens (tertiary/aromatic N) is 4. The van der Waals surface area contributed by atoms with Crippen molar-refractivity contribution in [2.75, 3.05) is 5.73 Å². The van der Waals surface area contributed by atoms with Crippen LogP contribution in [0.5, 0.6) is 0 Å². The van der Waals surface area contributed by atoms with Gasteiger partial charge >= 0.3 is 0 Å². The molecule has 2 aromatic carbocycles. The number of aromatic nitrogens is 4. The zero-order chi connectivity index (χ0) is 14.8. The number of halogens is 2. The van der Waals surface area contributed by atoms with Crippen LogP contribution >= 0.6 is 11.6 Å². The first-order valence-electron chi connectivity index (χ1n) is 6.20. The van der Waals surface area contributed by atoms with Crippen LogP contribution in [0.3, 0.4) is 0 Å². The van der Waals surface area contributed by atoms with E-state index in [1.54, 1.807) is 6.07 Å². The van der Waals surface area contributed by atoms with Crippen molar-refractivity contribution in [3.63, 3.8) is 0 Å². The lowest BCUT2D eigenvalue weighted by atomic mass is 10.1. The number of rotatable bonds is 3. The van der Waals surface area contributed by atoms with Crippen LogP contribution in [0.2, 0.25) is 5.02 Å². The lowest BCUT2D eigenvalue weighted by Crippen LogP contribution is -2.06. The minimum Gasteiger partial charge on any atom is -0.398 e. The summed E-state index contributed by atoms with van der Waals surface area (Å²) in [5.41, 5.74) is 7.59. The van der Waals surface area contributed by atoms with Gasteiger partial charge in [-0.05, 0) is 40.3 Å². The standard InChI is InChI=1S/C14H11ClFN5/c15-12-4-2-1-3-9(12)8-21-14(18-19-20-21)11-7-10(16)5-6-13(11)17/h1-7H,8,17H2. The molecule has 21 heavy (non-hydrogen) atoms. The van der Waals surface area contributed by atoms with Gasteiger partial charge in [-0.25, -0.2) is 9.07 Å². The van der Waals surface area contributed by atoms with E-state index in [2.05, 4.69) is 15.5 Å². The predicted octanol–water partition coefficient (Wildman–Crippen LogP) is 2.76. The zero-order valence-electron chi connectivity index (χ0n) is 10.9. The number of hydrogen-bond acceptors (Lipinski definition) is 4. The summed E-state index contributed by atoms with van der Waals surface area (Å²) in [6, 6.07) is 11.5. The summed E-state index contributed by atoms with van der Waals surface area (Å²) >= 11 is 6.13. The Bertz CT molecular complexity index is 787. The molecule has 0 saturated carbocycles. The van der Waals surface area contributed by atoms with Crippen LogP contribution < -0.4 is 5.73 Å². The van der Waals surface area contributed by atoms with Crippen molar-refractivity contribution in [3.05, 3.63) is 58.9 Å². The largest absolute Gasteiger partial charge is 0.398 e. The number of benzene rings is 2. The van der Waals surface area contributed by atoms with Crippen LogP contribution in [0.1, 0.15) is 5.56 Å². The van der Waals surface area contributed by atoms with E-state index in [1.165, 1.54) is 22.9 Å². The van der Waals surface area contributed by atoms with Crippen molar-refractivity contribution >= 4 is 17.3 Å². The first kappa shape index (κ1) is 13.5. The average molecular weight is 304 g/mol. The summed E-state index contributed by atoms with van der Waals surface area (Å²) in [5, 5.41) is 12.1.